The molecule has 0 unspecified atom stereocenters. The van der Waals surface area contributed by atoms with Gasteiger partial charge in [0.1, 0.15) is 11.5 Å². The van der Waals surface area contributed by atoms with Gasteiger partial charge in [0.15, 0.2) is 0 Å². The summed E-state index contributed by atoms with van der Waals surface area (Å²) in [4.78, 5) is 15.5. The smallest absolute Gasteiger partial charge is 0.280 e. The molecule has 2 fully saturated rings. The number of hydrogen-bond acceptors (Lipinski definition) is 4. The largest absolute Gasteiger partial charge is 0.507 e. The quantitative estimate of drug-likeness (QED) is 0.828. The van der Waals surface area contributed by atoms with Crippen LogP contribution in [0.15, 0.2) is 30.3 Å². The van der Waals surface area contributed by atoms with Crippen LogP contribution in [0.25, 0.3) is 10.8 Å². The van der Waals surface area contributed by atoms with Crippen LogP contribution in [-0.4, -0.2) is 41.3 Å². The van der Waals surface area contributed by atoms with E-state index < -0.39 is 5.72 Å². The lowest BCUT2D eigenvalue weighted by atomic mass is 9.84. The van der Waals surface area contributed by atoms with Gasteiger partial charge in [-0.05, 0) is 31.7 Å². The van der Waals surface area contributed by atoms with Gasteiger partial charge in [-0.15, -0.1) is 0 Å². The molecule has 2 atom stereocenters. The Morgan fingerprint density at radius 3 is 2.69 bits per heavy atom. The molecular weight excluding hydrogens is 328 g/mol. The van der Waals surface area contributed by atoms with Gasteiger partial charge in [0.25, 0.3) is 5.91 Å². The molecule has 2 N–H and O–H groups in total. The Balaban J connectivity index is 1.73. The highest BCUT2D eigenvalue weighted by Gasteiger charge is 2.59. The molecule has 0 aromatic heterocycles. The first kappa shape index (κ1) is 15.9. The van der Waals surface area contributed by atoms with Gasteiger partial charge in [-0.3, -0.25) is 9.69 Å². The van der Waals surface area contributed by atoms with Crippen molar-refractivity contribution < 1.29 is 14.6 Å². The molecule has 5 nitrogen and oxygen atoms in total. The lowest BCUT2D eigenvalue weighted by molar-refractivity contribution is -0.158. The van der Waals surface area contributed by atoms with Gasteiger partial charge < -0.3 is 15.2 Å². The summed E-state index contributed by atoms with van der Waals surface area (Å²) >= 11 is 0. The summed E-state index contributed by atoms with van der Waals surface area (Å²) in [6.07, 6.45) is 5.18. The van der Waals surface area contributed by atoms with Crippen LogP contribution in [0.1, 0.15) is 43.6 Å². The predicted molar refractivity (Wildman–Crippen MR) is 99.4 cm³/mol. The Morgan fingerprint density at radius 2 is 1.88 bits per heavy atom. The minimum Gasteiger partial charge on any atom is -0.507 e. The van der Waals surface area contributed by atoms with Gasteiger partial charge in [0.05, 0.1) is 5.92 Å². The summed E-state index contributed by atoms with van der Waals surface area (Å²) in [6, 6.07) is 9.56. The number of ether oxygens (including phenoxy) is 1. The topological polar surface area (TPSA) is 61.8 Å². The van der Waals surface area contributed by atoms with Crippen molar-refractivity contribution in [3.63, 3.8) is 0 Å². The number of piperidine rings is 1. The number of carbonyl (C=O) groups is 1. The van der Waals surface area contributed by atoms with Crippen molar-refractivity contribution in [2.24, 2.45) is 0 Å². The van der Waals surface area contributed by atoms with E-state index in [1.54, 1.807) is 0 Å². The molecule has 26 heavy (non-hydrogen) atoms. The third-order valence-corrected chi connectivity index (χ3v) is 6.21. The fraction of sp³-hybridized carbons (Fsp3) is 0.476. The number of likely N-dealkylation sites (tertiary alicyclic amines) is 1. The Bertz CT molecular complexity index is 875. The number of fused-ring (bicyclic) bond motifs is 5. The Kier molecular flexibility index (Phi) is 3.60. The summed E-state index contributed by atoms with van der Waals surface area (Å²) in [5.74, 6) is 0.961. The number of rotatable bonds is 1. The first-order chi connectivity index (χ1) is 12.7. The Labute approximate surface area is 152 Å². The molecule has 0 bridgehead atoms. The molecule has 3 aliphatic rings. The van der Waals surface area contributed by atoms with Crippen molar-refractivity contribution in [2.75, 3.05) is 19.6 Å². The van der Waals surface area contributed by atoms with E-state index in [1.807, 2.05) is 30.3 Å². The average molecular weight is 352 g/mol. The van der Waals surface area contributed by atoms with Gasteiger partial charge in [0, 0.05) is 36.0 Å². The third-order valence-electron chi connectivity index (χ3n) is 6.21. The highest BCUT2D eigenvalue weighted by atomic mass is 16.5. The van der Waals surface area contributed by atoms with Gasteiger partial charge in [-0.25, -0.2) is 0 Å². The standard InChI is InChI=1S/C21H24N2O3/c24-18-13-16-17-9-6-10-22-20(25)21(17,23-11-4-1-5-12-23)26-19(16)15-8-3-2-7-14(15)18/h2-3,7-8,13,17,24H,1,4-6,9-12H2,(H,22,25)/t17-,21-/m1/s1. The highest BCUT2D eigenvalue weighted by Crippen LogP contribution is 2.54. The second-order valence-electron chi connectivity index (χ2n) is 7.66. The fourth-order valence-electron chi connectivity index (χ4n) is 5.01. The molecule has 3 aliphatic heterocycles. The van der Waals surface area contributed by atoms with Crippen molar-refractivity contribution in [3.05, 3.63) is 35.9 Å². The van der Waals surface area contributed by atoms with Crippen LogP contribution in [0.4, 0.5) is 0 Å². The minimum absolute atomic E-state index is 0.0262. The number of benzene rings is 2. The molecule has 0 spiro atoms. The first-order valence-corrected chi connectivity index (χ1v) is 9.69. The molecule has 2 saturated heterocycles. The minimum atomic E-state index is -0.976. The van der Waals surface area contributed by atoms with E-state index in [0.29, 0.717) is 6.54 Å². The molecule has 1 amide bonds. The SMILES string of the molecule is O=C1NCCC[C@@H]2c3cc(O)c4ccccc4c3O[C@@]12N1CCCCC1. The molecule has 2 aromatic rings. The molecule has 0 aliphatic carbocycles. The van der Waals surface area contributed by atoms with Crippen LogP contribution in [0, 0.1) is 0 Å². The van der Waals surface area contributed by atoms with Gasteiger partial charge in [-0.2, -0.15) is 0 Å². The molecule has 0 saturated carbocycles. The second kappa shape index (κ2) is 5.88. The number of carbonyl (C=O) groups excluding carboxylic acids is 1. The van der Waals surface area contributed by atoms with Crippen LogP contribution >= 0.6 is 0 Å². The summed E-state index contributed by atoms with van der Waals surface area (Å²) in [5, 5.41) is 15.3. The summed E-state index contributed by atoms with van der Waals surface area (Å²) in [7, 11) is 0. The van der Waals surface area contributed by atoms with E-state index >= 15 is 0 Å². The zero-order valence-electron chi connectivity index (χ0n) is 14.8. The molecule has 5 rings (SSSR count). The number of nitrogens with one attached hydrogen (secondary N) is 1. The van der Waals surface area contributed by atoms with Crippen molar-refractivity contribution in [1.82, 2.24) is 10.2 Å². The molecular formula is C21H24N2O3. The normalized spacial score (nSPS) is 28.8. The molecule has 3 heterocycles. The van der Waals surface area contributed by atoms with E-state index in [2.05, 4.69) is 10.2 Å². The second-order valence-corrected chi connectivity index (χ2v) is 7.66. The fourth-order valence-corrected chi connectivity index (χ4v) is 5.01. The van der Waals surface area contributed by atoms with E-state index in [0.717, 1.165) is 60.9 Å². The lowest BCUT2D eigenvalue weighted by Gasteiger charge is -2.43. The molecule has 0 radical (unpaired) electrons. The zero-order valence-corrected chi connectivity index (χ0v) is 14.8. The highest BCUT2D eigenvalue weighted by molar-refractivity contribution is 5.97. The summed E-state index contributed by atoms with van der Waals surface area (Å²) in [6.45, 7) is 2.44. The van der Waals surface area contributed by atoms with Crippen molar-refractivity contribution in [3.8, 4) is 11.5 Å². The summed E-state index contributed by atoms with van der Waals surface area (Å²) in [5.41, 5.74) is -0.000608. The van der Waals surface area contributed by atoms with E-state index in [-0.39, 0.29) is 17.6 Å². The van der Waals surface area contributed by atoms with Gasteiger partial charge >= 0.3 is 0 Å². The number of aromatic hydroxyl groups is 1. The number of hydrogen-bond donors (Lipinski definition) is 2. The molecule has 2 aromatic carbocycles. The van der Waals surface area contributed by atoms with Crippen molar-refractivity contribution >= 4 is 16.7 Å². The number of phenols is 1. The maximum absolute atomic E-state index is 13.3. The van der Waals surface area contributed by atoms with Crippen LogP contribution in [-0.2, 0) is 4.79 Å². The zero-order chi connectivity index (χ0) is 17.7. The van der Waals surface area contributed by atoms with Crippen molar-refractivity contribution in [2.45, 2.75) is 43.7 Å². The third kappa shape index (κ3) is 2.10. The molecule has 136 valence electrons. The van der Waals surface area contributed by atoms with E-state index in [4.69, 9.17) is 4.74 Å². The van der Waals surface area contributed by atoms with E-state index in [1.165, 1.54) is 6.42 Å². The predicted octanol–water partition coefficient (Wildman–Crippen LogP) is 3.11. The van der Waals surface area contributed by atoms with Crippen LogP contribution in [0.2, 0.25) is 0 Å². The number of nitrogens with zero attached hydrogens (tertiary/aromatic N) is 1. The maximum atomic E-state index is 13.3. The lowest BCUT2D eigenvalue weighted by Crippen LogP contribution is -2.64. The maximum Gasteiger partial charge on any atom is 0.280 e. The van der Waals surface area contributed by atoms with Gasteiger partial charge in [0.2, 0.25) is 5.72 Å². The number of phenolic OH excluding ortho intramolecular Hbond substituents is 1. The van der Waals surface area contributed by atoms with Crippen LogP contribution in [0.5, 0.6) is 11.5 Å². The Morgan fingerprint density at radius 1 is 1.12 bits per heavy atom. The van der Waals surface area contributed by atoms with E-state index in [9.17, 15) is 9.90 Å². The first-order valence-electron chi connectivity index (χ1n) is 9.69. The van der Waals surface area contributed by atoms with Crippen LogP contribution < -0.4 is 10.1 Å². The Hall–Kier alpha value is -2.27. The van der Waals surface area contributed by atoms with Crippen LogP contribution in [0.3, 0.4) is 0 Å². The average Bonchev–Trinajstić information content (AvgIpc) is 2.92. The summed E-state index contributed by atoms with van der Waals surface area (Å²) < 4.78 is 6.60. The molecule has 5 heteroatoms. The monoisotopic (exact) mass is 352 g/mol. The number of amides is 1. The van der Waals surface area contributed by atoms with Crippen molar-refractivity contribution in [1.29, 1.82) is 0 Å². The van der Waals surface area contributed by atoms with Gasteiger partial charge in [-0.1, -0.05) is 30.7 Å².